The van der Waals surface area contributed by atoms with Crippen molar-refractivity contribution in [3.63, 3.8) is 0 Å². The first-order valence-corrected chi connectivity index (χ1v) is 5.48. The van der Waals surface area contributed by atoms with Crippen LogP contribution in [0.2, 0.25) is 0 Å². The zero-order valence-corrected chi connectivity index (χ0v) is 9.06. The minimum atomic E-state index is -4.11. The van der Waals surface area contributed by atoms with Crippen LogP contribution in [-0.2, 0) is 0 Å². The average molecular weight is 224 g/mol. The van der Waals surface area contributed by atoms with Gasteiger partial charge in [-0.1, -0.05) is 6.92 Å². The number of rotatable bonds is 6. The van der Waals surface area contributed by atoms with Crippen LogP contribution in [0.5, 0.6) is 0 Å². The minimum absolute atomic E-state index is 0.0772. The third-order valence-corrected chi connectivity index (χ3v) is 2.77. The fourth-order valence-corrected chi connectivity index (χ4v) is 2.00. The molecule has 1 atom stereocenters. The van der Waals surface area contributed by atoms with Gasteiger partial charge in [-0.25, -0.2) is 0 Å². The lowest BCUT2D eigenvalue weighted by molar-refractivity contribution is -0.151. The van der Waals surface area contributed by atoms with Crippen LogP contribution >= 0.6 is 0 Å². The molecule has 0 spiro atoms. The topological polar surface area (TPSA) is 29.3 Å². The molecule has 0 saturated heterocycles. The van der Waals surface area contributed by atoms with Crippen molar-refractivity contribution >= 4 is 0 Å². The van der Waals surface area contributed by atoms with Crippen LogP contribution in [0.3, 0.4) is 0 Å². The van der Waals surface area contributed by atoms with Gasteiger partial charge in [0, 0.05) is 12.6 Å². The van der Waals surface area contributed by atoms with Gasteiger partial charge in [-0.3, -0.25) is 4.90 Å². The van der Waals surface area contributed by atoms with E-state index in [0.29, 0.717) is 19.0 Å². The van der Waals surface area contributed by atoms with Crippen molar-refractivity contribution in [2.24, 2.45) is 11.7 Å². The number of alkyl halides is 3. The predicted molar refractivity (Wildman–Crippen MR) is 53.5 cm³/mol. The summed E-state index contributed by atoms with van der Waals surface area (Å²) in [5, 5.41) is 0. The minimum Gasteiger partial charge on any atom is -0.329 e. The highest BCUT2D eigenvalue weighted by molar-refractivity contribution is 4.89. The normalized spacial score (nSPS) is 19.6. The Bertz CT molecular complexity index is 190. The summed E-state index contributed by atoms with van der Waals surface area (Å²) in [5.41, 5.74) is 5.55. The van der Waals surface area contributed by atoms with E-state index in [1.807, 2.05) is 6.92 Å². The summed E-state index contributed by atoms with van der Waals surface area (Å²) in [6.07, 6.45) is -1.32. The predicted octanol–water partition coefficient (Wildman–Crippen LogP) is 2.00. The van der Waals surface area contributed by atoms with Gasteiger partial charge < -0.3 is 5.73 Å². The van der Waals surface area contributed by atoms with E-state index < -0.39 is 12.7 Å². The maximum atomic E-state index is 12.3. The zero-order valence-electron chi connectivity index (χ0n) is 9.06. The van der Waals surface area contributed by atoms with Crippen LogP contribution in [0.1, 0.15) is 26.2 Å². The van der Waals surface area contributed by atoms with Crippen LogP contribution in [-0.4, -0.2) is 36.8 Å². The van der Waals surface area contributed by atoms with Gasteiger partial charge in [0.05, 0.1) is 6.54 Å². The van der Waals surface area contributed by atoms with Crippen LogP contribution in [0, 0.1) is 5.92 Å². The maximum absolute atomic E-state index is 12.3. The van der Waals surface area contributed by atoms with Crippen molar-refractivity contribution in [1.29, 1.82) is 0 Å². The number of halogens is 3. The molecular weight excluding hydrogens is 205 g/mol. The van der Waals surface area contributed by atoms with Gasteiger partial charge in [-0.2, -0.15) is 13.2 Å². The summed E-state index contributed by atoms with van der Waals surface area (Å²) < 4.78 is 37.0. The number of nitrogens with two attached hydrogens (primary N) is 1. The Morgan fingerprint density at radius 1 is 1.40 bits per heavy atom. The highest BCUT2D eigenvalue weighted by atomic mass is 19.4. The average Bonchev–Trinajstić information content (AvgIpc) is 2.87. The van der Waals surface area contributed by atoms with Gasteiger partial charge >= 0.3 is 6.18 Å². The van der Waals surface area contributed by atoms with E-state index in [2.05, 4.69) is 0 Å². The highest BCUT2D eigenvalue weighted by Crippen LogP contribution is 2.35. The van der Waals surface area contributed by atoms with E-state index in [9.17, 15) is 13.2 Å². The van der Waals surface area contributed by atoms with Gasteiger partial charge in [0.25, 0.3) is 0 Å². The van der Waals surface area contributed by atoms with Crippen molar-refractivity contribution in [2.75, 3.05) is 19.6 Å². The van der Waals surface area contributed by atoms with Crippen molar-refractivity contribution < 1.29 is 13.2 Å². The van der Waals surface area contributed by atoms with Crippen molar-refractivity contribution in [3.05, 3.63) is 0 Å². The van der Waals surface area contributed by atoms with E-state index in [0.717, 1.165) is 19.3 Å². The molecule has 0 bridgehead atoms. The molecule has 1 saturated carbocycles. The summed E-state index contributed by atoms with van der Waals surface area (Å²) in [4.78, 5) is 1.50. The first-order valence-electron chi connectivity index (χ1n) is 5.48. The summed E-state index contributed by atoms with van der Waals surface area (Å²) >= 11 is 0. The zero-order chi connectivity index (χ0) is 11.5. The summed E-state index contributed by atoms with van der Waals surface area (Å²) in [7, 11) is 0. The lowest BCUT2D eigenvalue weighted by Crippen LogP contribution is -2.47. The Balaban J connectivity index is 2.53. The molecule has 0 amide bonds. The van der Waals surface area contributed by atoms with Crippen LogP contribution in [0.4, 0.5) is 13.2 Å². The summed E-state index contributed by atoms with van der Waals surface area (Å²) in [5.74, 6) is 0.392. The second-order valence-electron chi connectivity index (χ2n) is 4.23. The molecule has 90 valence electrons. The van der Waals surface area contributed by atoms with Crippen molar-refractivity contribution in [3.8, 4) is 0 Å². The van der Waals surface area contributed by atoms with Gasteiger partial charge in [0.1, 0.15) is 0 Å². The lowest BCUT2D eigenvalue weighted by Gasteiger charge is -2.31. The SMILES string of the molecule is CCCN(CC(F)(F)F)C(CN)C1CC1. The summed E-state index contributed by atoms with van der Waals surface area (Å²) in [6.45, 7) is 1.89. The molecule has 2 nitrogen and oxygen atoms in total. The molecule has 0 aromatic heterocycles. The van der Waals surface area contributed by atoms with Crippen molar-refractivity contribution in [2.45, 2.75) is 38.4 Å². The molecular formula is C10H19F3N2. The molecule has 0 aromatic rings. The Morgan fingerprint density at radius 2 is 2.00 bits per heavy atom. The number of hydrogen-bond donors (Lipinski definition) is 1. The molecule has 1 aliphatic carbocycles. The van der Waals surface area contributed by atoms with E-state index in [-0.39, 0.29) is 6.04 Å². The molecule has 15 heavy (non-hydrogen) atoms. The van der Waals surface area contributed by atoms with E-state index in [1.165, 1.54) is 4.90 Å². The lowest BCUT2D eigenvalue weighted by atomic mass is 10.1. The smallest absolute Gasteiger partial charge is 0.329 e. The fraction of sp³-hybridized carbons (Fsp3) is 1.00. The van der Waals surface area contributed by atoms with Gasteiger partial charge in [0.15, 0.2) is 0 Å². The quantitative estimate of drug-likeness (QED) is 0.747. The summed E-state index contributed by atoms with van der Waals surface area (Å²) in [6, 6.07) is -0.0772. The number of hydrogen-bond acceptors (Lipinski definition) is 2. The highest BCUT2D eigenvalue weighted by Gasteiger charge is 2.39. The molecule has 2 N–H and O–H groups in total. The Morgan fingerprint density at radius 3 is 2.33 bits per heavy atom. The van der Waals surface area contributed by atoms with E-state index >= 15 is 0 Å². The maximum Gasteiger partial charge on any atom is 0.401 e. The van der Waals surface area contributed by atoms with Crippen LogP contribution in [0.25, 0.3) is 0 Å². The van der Waals surface area contributed by atoms with E-state index in [4.69, 9.17) is 5.73 Å². The molecule has 0 aromatic carbocycles. The molecule has 5 heteroatoms. The third-order valence-electron chi connectivity index (χ3n) is 2.77. The van der Waals surface area contributed by atoms with Gasteiger partial charge in [0.2, 0.25) is 0 Å². The molecule has 0 radical (unpaired) electrons. The largest absolute Gasteiger partial charge is 0.401 e. The van der Waals surface area contributed by atoms with Crippen LogP contribution in [0.15, 0.2) is 0 Å². The molecule has 1 unspecified atom stereocenters. The van der Waals surface area contributed by atoms with Gasteiger partial charge in [-0.15, -0.1) is 0 Å². The fourth-order valence-electron chi connectivity index (χ4n) is 2.00. The van der Waals surface area contributed by atoms with E-state index in [1.54, 1.807) is 0 Å². The molecule has 0 aliphatic heterocycles. The van der Waals surface area contributed by atoms with Gasteiger partial charge in [-0.05, 0) is 31.7 Å². The second-order valence-corrected chi connectivity index (χ2v) is 4.23. The molecule has 0 heterocycles. The number of nitrogens with zero attached hydrogens (tertiary/aromatic N) is 1. The Hall–Kier alpha value is -0.290. The third kappa shape index (κ3) is 4.38. The molecule has 1 aliphatic rings. The Kier molecular flexibility index (Phi) is 4.40. The monoisotopic (exact) mass is 224 g/mol. The molecule has 1 fully saturated rings. The molecule has 1 rings (SSSR count). The Labute approximate surface area is 88.6 Å². The van der Waals surface area contributed by atoms with Crippen LogP contribution < -0.4 is 5.73 Å². The standard InChI is InChI=1S/C10H19F3N2/c1-2-5-15(7-10(11,12)13)9(6-14)8-3-4-8/h8-9H,2-7,14H2,1H3. The second kappa shape index (κ2) is 5.16. The first kappa shape index (κ1) is 12.8. The van der Waals surface area contributed by atoms with Crippen molar-refractivity contribution in [1.82, 2.24) is 4.90 Å². The first-order chi connectivity index (χ1) is 6.98.